The maximum atomic E-state index is 11.7. The molecule has 0 aliphatic rings. The first-order valence-corrected chi connectivity index (χ1v) is 6.60. The summed E-state index contributed by atoms with van der Waals surface area (Å²) < 4.78 is 0. The molecule has 0 aliphatic heterocycles. The molecule has 2 N–H and O–H groups in total. The van der Waals surface area contributed by atoms with Crippen LogP contribution in [-0.4, -0.2) is 18.5 Å². The molecule has 0 aliphatic carbocycles. The summed E-state index contributed by atoms with van der Waals surface area (Å²) in [6.07, 6.45) is 1.02. The smallest absolute Gasteiger partial charge is 0.242 e. The Morgan fingerprint density at radius 3 is 2.75 bits per heavy atom. The molecule has 0 fully saturated rings. The minimum atomic E-state index is -0.179. The largest absolute Gasteiger partial charge is 0.373 e. The maximum absolute atomic E-state index is 11.7. The molecule has 90 valence electrons. The molecule has 0 saturated heterocycles. The van der Waals surface area contributed by atoms with Gasteiger partial charge in [-0.05, 0) is 30.7 Å². The number of thiophene rings is 1. The van der Waals surface area contributed by atoms with E-state index in [9.17, 15) is 4.79 Å². The minimum absolute atomic E-state index is 0.0619. The van der Waals surface area contributed by atoms with Crippen LogP contribution in [0.2, 0.25) is 0 Å². The maximum Gasteiger partial charge on any atom is 0.242 e. The minimum Gasteiger partial charge on any atom is -0.373 e. The molecular formula is C12H20N2OS. The summed E-state index contributed by atoms with van der Waals surface area (Å²) in [6, 6.07) is 1.80. The summed E-state index contributed by atoms with van der Waals surface area (Å²) in [5.41, 5.74) is 1.01. The first-order valence-electron chi connectivity index (χ1n) is 5.66. The Balaban J connectivity index is 2.25. The van der Waals surface area contributed by atoms with Gasteiger partial charge in [0.15, 0.2) is 0 Å². The molecule has 1 rings (SSSR count). The van der Waals surface area contributed by atoms with Gasteiger partial charge in [0.25, 0.3) is 0 Å². The van der Waals surface area contributed by atoms with Gasteiger partial charge in [0, 0.05) is 17.6 Å². The van der Waals surface area contributed by atoms with Crippen molar-refractivity contribution in [3.05, 3.63) is 16.8 Å². The molecule has 0 radical (unpaired) electrons. The number of hydrogen-bond donors (Lipinski definition) is 2. The lowest BCUT2D eigenvalue weighted by atomic mass is 10.1. The van der Waals surface area contributed by atoms with Crippen molar-refractivity contribution in [1.29, 1.82) is 0 Å². The Hall–Kier alpha value is -1.03. The second-order valence-electron chi connectivity index (χ2n) is 4.35. The third-order valence-corrected chi connectivity index (χ3v) is 3.00. The van der Waals surface area contributed by atoms with Crippen LogP contribution in [0.1, 0.15) is 27.2 Å². The normalized spacial score (nSPS) is 12.5. The molecule has 1 amide bonds. The fourth-order valence-corrected chi connectivity index (χ4v) is 1.90. The summed E-state index contributed by atoms with van der Waals surface area (Å²) in [7, 11) is 0. The van der Waals surface area contributed by atoms with E-state index < -0.39 is 0 Å². The fraction of sp³-hybridized carbons (Fsp3) is 0.583. The first-order chi connectivity index (χ1) is 7.59. The topological polar surface area (TPSA) is 41.1 Å². The predicted octanol–water partition coefficient (Wildman–Crippen LogP) is 2.71. The Kier molecular flexibility index (Phi) is 5.32. The van der Waals surface area contributed by atoms with Gasteiger partial charge in [-0.15, -0.1) is 0 Å². The van der Waals surface area contributed by atoms with E-state index in [4.69, 9.17) is 0 Å². The van der Waals surface area contributed by atoms with Crippen LogP contribution in [-0.2, 0) is 4.79 Å². The molecule has 4 heteroatoms. The molecule has 1 aromatic heterocycles. The molecule has 0 bridgehead atoms. The van der Waals surface area contributed by atoms with Gasteiger partial charge >= 0.3 is 0 Å². The van der Waals surface area contributed by atoms with Gasteiger partial charge in [-0.25, -0.2) is 0 Å². The lowest BCUT2D eigenvalue weighted by molar-refractivity contribution is -0.121. The number of carbonyl (C=O) groups excluding carboxylic acids is 1. The zero-order chi connectivity index (χ0) is 12.0. The van der Waals surface area contributed by atoms with Gasteiger partial charge in [-0.1, -0.05) is 13.8 Å². The van der Waals surface area contributed by atoms with Crippen molar-refractivity contribution in [1.82, 2.24) is 5.32 Å². The highest BCUT2D eigenvalue weighted by Crippen LogP contribution is 2.12. The molecule has 1 atom stereocenters. The lowest BCUT2D eigenvalue weighted by Crippen LogP contribution is -2.38. The van der Waals surface area contributed by atoms with Crippen molar-refractivity contribution >= 4 is 22.9 Å². The Bertz CT molecular complexity index is 309. The van der Waals surface area contributed by atoms with Crippen LogP contribution >= 0.6 is 11.3 Å². The standard InChI is InChI=1S/C12H20N2OS/c1-9(2)4-6-13-12(15)10(3)14-11-5-7-16-8-11/h5,7-10,14H,4,6H2,1-3H3,(H,13,15). The number of amides is 1. The molecule has 3 nitrogen and oxygen atoms in total. The quantitative estimate of drug-likeness (QED) is 0.802. The Morgan fingerprint density at radius 2 is 2.19 bits per heavy atom. The van der Waals surface area contributed by atoms with E-state index in [0.29, 0.717) is 5.92 Å². The van der Waals surface area contributed by atoms with Crippen molar-refractivity contribution in [2.75, 3.05) is 11.9 Å². The Morgan fingerprint density at radius 1 is 1.44 bits per heavy atom. The average molecular weight is 240 g/mol. The van der Waals surface area contributed by atoms with E-state index in [2.05, 4.69) is 24.5 Å². The van der Waals surface area contributed by atoms with Crippen LogP contribution in [0.25, 0.3) is 0 Å². The molecule has 1 aromatic rings. The summed E-state index contributed by atoms with van der Waals surface area (Å²) in [6.45, 7) is 6.94. The highest BCUT2D eigenvalue weighted by Gasteiger charge is 2.11. The zero-order valence-electron chi connectivity index (χ0n) is 10.1. The van der Waals surface area contributed by atoms with Gasteiger partial charge in [-0.3, -0.25) is 4.79 Å². The average Bonchev–Trinajstić information content (AvgIpc) is 2.69. The van der Waals surface area contributed by atoms with E-state index >= 15 is 0 Å². The van der Waals surface area contributed by atoms with Crippen molar-refractivity contribution in [2.24, 2.45) is 5.92 Å². The van der Waals surface area contributed by atoms with Gasteiger partial charge in [0.1, 0.15) is 6.04 Å². The number of hydrogen-bond acceptors (Lipinski definition) is 3. The van der Waals surface area contributed by atoms with Crippen LogP contribution in [0.5, 0.6) is 0 Å². The van der Waals surface area contributed by atoms with E-state index in [-0.39, 0.29) is 11.9 Å². The number of nitrogens with one attached hydrogen (secondary N) is 2. The van der Waals surface area contributed by atoms with Crippen molar-refractivity contribution < 1.29 is 4.79 Å². The zero-order valence-corrected chi connectivity index (χ0v) is 10.9. The lowest BCUT2D eigenvalue weighted by Gasteiger charge is -2.14. The van der Waals surface area contributed by atoms with Crippen molar-refractivity contribution in [3.63, 3.8) is 0 Å². The second-order valence-corrected chi connectivity index (χ2v) is 5.13. The van der Waals surface area contributed by atoms with E-state index in [0.717, 1.165) is 18.7 Å². The number of carbonyl (C=O) groups is 1. The summed E-state index contributed by atoms with van der Waals surface area (Å²) >= 11 is 1.62. The number of anilines is 1. The monoisotopic (exact) mass is 240 g/mol. The summed E-state index contributed by atoms with van der Waals surface area (Å²) in [4.78, 5) is 11.7. The third kappa shape index (κ3) is 4.66. The van der Waals surface area contributed by atoms with Crippen molar-refractivity contribution in [2.45, 2.75) is 33.2 Å². The second kappa shape index (κ2) is 6.53. The van der Waals surface area contributed by atoms with Crippen LogP contribution in [0.3, 0.4) is 0 Å². The molecule has 16 heavy (non-hydrogen) atoms. The van der Waals surface area contributed by atoms with E-state index in [1.807, 2.05) is 23.8 Å². The molecule has 0 spiro atoms. The van der Waals surface area contributed by atoms with Crippen LogP contribution in [0, 0.1) is 5.92 Å². The van der Waals surface area contributed by atoms with Crippen LogP contribution < -0.4 is 10.6 Å². The van der Waals surface area contributed by atoms with Gasteiger partial charge in [0.05, 0.1) is 0 Å². The SMILES string of the molecule is CC(C)CCNC(=O)C(C)Nc1ccsc1. The predicted molar refractivity (Wildman–Crippen MR) is 69.9 cm³/mol. The molecule has 0 aromatic carbocycles. The highest BCUT2D eigenvalue weighted by atomic mass is 32.1. The number of rotatable bonds is 6. The first kappa shape index (κ1) is 13.0. The van der Waals surface area contributed by atoms with Crippen LogP contribution in [0.15, 0.2) is 16.8 Å². The van der Waals surface area contributed by atoms with Gasteiger partial charge in [0.2, 0.25) is 5.91 Å². The van der Waals surface area contributed by atoms with E-state index in [1.165, 1.54) is 0 Å². The third-order valence-electron chi connectivity index (χ3n) is 2.32. The van der Waals surface area contributed by atoms with Gasteiger partial charge < -0.3 is 10.6 Å². The molecule has 1 unspecified atom stereocenters. The Labute approximate surface area is 101 Å². The van der Waals surface area contributed by atoms with Crippen molar-refractivity contribution in [3.8, 4) is 0 Å². The van der Waals surface area contributed by atoms with Gasteiger partial charge in [-0.2, -0.15) is 11.3 Å². The van der Waals surface area contributed by atoms with E-state index in [1.54, 1.807) is 11.3 Å². The molecular weight excluding hydrogens is 220 g/mol. The highest BCUT2D eigenvalue weighted by molar-refractivity contribution is 7.08. The summed E-state index contributed by atoms with van der Waals surface area (Å²) in [5.74, 6) is 0.687. The molecule has 1 heterocycles. The molecule has 0 saturated carbocycles. The summed E-state index contributed by atoms with van der Waals surface area (Å²) in [5, 5.41) is 10.1. The van der Waals surface area contributed by atoms with Crippen LogP contribution in [0.4, 0.5) is 5.69 Å². The fourth-order valence-electron chi connectivity index (χ4n) is 1.30.